The number of esters is 2. The summed E-state index contributed by atoms with van der Waals surface area (Å²) in [4.78, 5) is 37.0. The smallest absolute Gasteiger partial charge is 0.362 e. The van der Waals surface area contributed by atoms with E-state index in [1.165, 1.54) is 122 Å². The van der Waals surface area contributed by atoms with Crippen LogP contribution in [0.5, 0.6) is 0 Å². The maximum atomic E-state index is 12.8. The summed E-state index contributed by atoms with van der Waals surface area (Å²) in [5, 5.41) is 9.63. The monoisotopic (exact) mass is 831 g/mol. The number of carbonyl (C=O) groups excluding carboxylic acids is 2. The lowest BCUT2D eigenvalue weighted by Gasteiger charge is -2.31. The fraction of sp³-hybridized carbons (Fsp3) is 0.784. The first-order valence-electron chi connectivity index (χ1n) is 24.2. The number of carbonyl (C=O) groups is 3. The molecule has 0 bridgehead atoms. The van der Waals surface area contributed by atoms with E-state index in [9.17, 15) is 19.5 Å². The van der Waals surface area contributed by atoms with Gasteiger partial charge in [-0.2, -0.15) is 0 Å². The molecule has 0 aromatic rings. The molecule has 0 amide bonds. The van der Waals surface area contributed by atoms with Crippen LogP contribution in [-0.2, 0) is 28.6 Å². The van der Waals surface area contributed by atoms with E-state index in [0.717, 1.165) is 51.4 Å². The van der Waals surface area contributed by atoms with Crippen LogP contribution in [0.1, 0.15) is 206 Å². The van der Waals surface area contributed by atoms with E-state index in [2.05, 4.69) is 26.0 Å². The fourth-order valence-corrected chi connectivity index (χ4v) is 7.10. The molecule has 0 heterocycles. The summed E-state index contributed by atoms with van der Waals surface area (Å²) in [6.07, 6.45) is 50.3. The summed E-state index contributed by atoms with van der Waals surface area (Å²) < 4.78 is 17.3. The van der Waals surface area contributed by atoms with Gasteiger partial charge in [0.15, 0.2) is 12.1 Å². The zero-order valence-electron chi connectivity index (χ0n) is 39.0. The molecule has 1 N–H and O–H groups in total. The van der Waals surface area contributed by atoms with Crippen molar-refractivity contribution in [3.8, 4) is 0 Å². The van der Waals surface area contributed by atoms with Crippen LogP contribution in [0.15, 0.2) is 48.6 Å². The molecule has 0 saturated heterocycles. The van der Waals surface area contributed by atoms with E-state index < -0.39 is 18.1 Å². The molecule has 0 spiro atoms. The van der Waals surface area contributed by atoms with Crippen LogP contribution < -0.4 is 0 Å². The fourth-order valence-electron chi connectivity index (χ4n) is 7.10. The highest BCUT2D eigenvalue weighted by atomic mass is 16.6. The second-order valence-electron chi connectivity index (χ2n) is 17.4. The Bertz CT molecular complexity index is 1110. The number of nitrogens with zero attached hydrogens (tertiary/aromatic N) is 1. The van der Waals surface area contributed by atoms with Gasteiger partial charge in [0.05, 0.1) is 34.4 Å². The van der Waals surface area contributed by atoms with E-state index in [0.29, 0.717) is 19.3 Å². The van der Waals surface area contributed by atoms with Crippen LogP contribution in [0.25, 0.3) is 0 Å². The zero-order valence-corrected chi connectivity index (χ0v) is 39.0. The van der Waals surface area contributed by atoms with Crippen LogP contribution in [0, 0.1) is 0 Å². The first-order chi connectivity index (χ1) is 28.6. The third-order valence-corrected chi connectivity index (χ3v) is 10.8. The van der Waals surface area contributed by atoms with E-state index in [-0.39, 0.29) is 36.2 Å². The van der Waals surface area contributed by atoms with Crippen molar-refractivity contribution in [3.63, 3.8) is 0 Å². The van der Waals surface area contributed by atoms with Gasteiger partial charge in [0, 0.05) is 19.3 Å². The summed E-state index contributed by atoms with van der Waals surface area (Å²) in [5.74, 6) is -1.51. The summed E-state index contributed by atoms with van der Waals surface area (Å²) in [7, 11) is 5.52. The maximum Gasteiger partial charge on any atom is 0.362 e. The Labute approximate surface area is 363 Å². The molecule has 2 atom stereocenters. The molecule has 0 aromatic heterocycles. The van der Waals surface area contributed by atoms with Crippen LogP contribution >= 0.6 is 0 Å². The first kappa shape index (κ1) is 56.3. The average molecular weight is 831 g/mol. The van der Waals surface area contributed by atoms with Crippen LogP contribution in [0.2, 0.25) is 0 Å². The van der Waals surface area contributed by atoms with Gasteiger partial charge in [-0.3, -0.25) is 9.59 Å². The van der Waals surface area contributed by atoms with Gasteiger partial charge < -0.3 is 23.8 Å². The Hall–Kier alpha value is -2.71. The standard InChI is InChI=1S/C51H91NO7/c1-6-8-10-12-14-16-18-20-21-22-23-24-25-26-27-28-30-32-34-36-38-40-42-50(54)59-47(45-57-44-43-48(51(55)56)52(3,4)5)46-58-49(53)41-39-37-35-33-31-29-19-17-15-13-11-9-7-2/h9,11,13,15,17,19,29,31,47-48H,6-8,10,12,14,16,18,20-28,30,32-46H2,1-5H3/p+1/b11-9+,15-13+,19-17+,31-29+. The molecule has 2 unspecified atom stereocenters. The van der Waals surface area contributed by atoms with Gasteiger partial charge in [-0.15, -0.1) is 0 Å². The number of hydrogen-bond acceptors (Lipinski definition) is 6. The number of quaternary nitrogens is 1. The molecule has 59 heavy (non-hydrogen) atoms. The Balaban J connectivity index is 4.24. The highest BCUT2D eigenvalue weighted by Gasteiger charge is 2.31. The van der Waals surface area contributed by atoms with Gasteiger partial charge in [-0.25, -0.2) is 4.79 Å². The number of allylic oxidation sites excluding steroid dienone is 8. The molecule has 8 heteroatoms. The van der Waals surface area contributed by atoms with Gasteiger partial charge in [-0.1, -0.05) is 204 Å². The minimum atomic E-state index is -0.880. The molecule has 0 aliphatic heterocycles. The number of hydrogen-bond donors (Lipinski definition) is 1. The molecule has 0 aliphatic carbocycles. The van der Waals surface area contributed by atoms with E-state index in [1.807, 2.05) is 57.6 Å². The summed E-state index contributed by atoms with van der Waals surface area (Å²) >= 11 is 0. The predicted octanol–water partition coefficient (Wildman–Crippen LogP) is 13.6. The topological polar surface area (TPSA) is 99.1 Å². The molecule has 0 radical (unpaired) electrons. The predicted molar refractivity (Wildman–Crippen MR) is 248 cm³/mol. The number of rotatable bonds is 43. The van der Waals surface area contributed by atoms with Gasteiger partial charge >= 0.3 is 17.9 Å². The summed E-state index contributed by atoms with van der Waals surface area (Å²) in [6, 6.07) is -0.621. The molecule has 0 rings (SSSR count). The molecule has 0 aromatic carbocycles. The zero-order chi connectivity index (χ0) is 43.5. The summed E-state index contributed by atoms with van der Waals surface area (Å²) in [5.41, 5.74) is 0. The number of ether oxygens (including phenoxy) is 3. The molecule has 0 fully saturated rings. The quantitative estimate of drug-likeness (QED) is 0.0283. The van der Waals surface area contributed by atoms with Crippen molar-refractivity contribution in [2.45, 2.75) is 219 Å². The average Bonchev–Trinajstić information content (AvgIpc) is 3.19. The number of carboxylic acids is 1. The third-order valence-electron chi connectivity index (χ3n) is 10.8. The maximum absolute atomic E-state index is 12.8. The Morgan fingerprint density at radius 1 is 0.525 bits per heavy atom. The normalized spacial score (nSPS) is 13.3. The third kappa shape index (κ3) is 40.5. The number of likely N-dealkylation sites (N-methyl/N-ethyl adjacent to an activating group) is 1. The molecule has 0 aliphatic rings. The molecule has 0 saturated carbocycles. The lowest BCUT2D eigenvalue weighted by atomic mass is 10.0. The minimum Gasteiger partial charge on any atom is -0.477 e. The van der Waals surface area contributed by atoms with Gasteiger partial charge in [0.2, 0.25) is 0 Å². The minimum absolute atomic E-state index is 0.0495. The second-order valence-corrected chi connectivity index (χ2v) is 17.4. The van der Waals surface area contributed by atoms with E-state index >= 15 is 0 Å². The summed E-state index contributed by atoms with van der Waals surface area (Å²) in [6.45, 7) is 4.57. The van der Waals surface area contributed by atoms with Crippen molar-refractivity contribution >= 4 is 17.9 Å². The molecular formula is C51H92NO7+. The van der Waals surface area contributed by atoms with E-state index in [4.69, 9.17) is 14.2 Å². The van der Waals surface area contributed by atoms with Crippen molar-refractivity contribution in [3.05, 3.63) is 48.6 Å². The van der Waals surface area contributed by atoms with Gasteiger partial charge in [0.25, 0.3) is 0 Å². The first-order valence-corrected chi connectivity index (χ1v) is 24.2. The molecule has 342 valence electrons. The van der Waals surface area contributed by atoms with Gasteiger partial charge in [0.1, 0.15) is 6.61 Å². The Morgan fingerprint density at radius 2 is 0.949 bits per heavy atom. The highest BCUT2D eigenvalue weighted by Crippen LogP contribution is 2.16. The van der Waals surface area contributed by atoms with Crippen molar-refractivity contribution in [1.82, 2.24) is 0 Å². The number of unbranched alkanes of at least 4 members (excludes halogenated alkanes) is 24. The Kier molecular flexibility index (Phi) is 40.1. The van der Waals surface area contributed by atoms with Crippen LogP contribution in [-0.4, -0.2) is 80.6 Å². The van der Waals surface area contributed by atoms with Crippen molar-refractivity contribution in [2.24, 2.45) is 0 Å². The lowest BCUT2D eigenvalue weighted by molar-refractivity contribution is -0.887. The lowest BCUT2D eigenvalue weighted by Crippen LogP contribution is -2.50. The van der Waals surface area contributed by atoms with Gasteiger partial charge in [-0.05, 0) is 32.1 Å². The van der Waals surface area contributed by atoms with Crippen LogP contribution in [0.3, 0.4) is 0 Å². The van der Waals surface area contributed by atoms with Crippen LogP contribution in [0.4, 0.5) is 0 Å². The van der Waals surface area contributed by atoms with Crippen molar-refractivity contribution in [2.75, 3.05) is 41.0 Å². The Morgan fingerprint density at radius 3 is 1.41 bits per heavy atom. The number of carboxylic acid groups (broad SMARTS) is 1. The molecule has 8 nitrogen and oxygen atoms in total. The largest absolute Gasteiger partial charge is 0.477 e. The van der Waals surface area contributed by atoms with E-state index in [1.54, 1.807) is 0 Å². The van der Waals surface area contributed by atoms with Crippen molar-refractivity contribution < 1.29 is 38.2 Å². The number of aliphatic carboxylic acids is 1. The van der Waals surface area contributed by atoms with Crippen molar-refractivity contribution in [1.29, 1.82) is 0 Å². The second kappa shape index (κ2) is 42.0. The highest BCUT2D eigenvalue weighted by molar-refractivity contribution is 5.72. The molecular weight excluding hydrogens is 739 g/mol. The SMILES string of the molecule is CC/C=C/C=C/C=C/C=C/CCCCCC(=O)OCC(COCCC(C(=O)O)[N+](C)(C)C)OC(=O)CCCCCCCCCCCCCCCCCCCCCCCC.